The van der Waals surface area contributed by atoms with Crippen LogP contribution in [0.1, 0.15) is 12.8 Å². The van der Waals surface area contributed by atoms with Gasteiger partial charge in [-0.15, -0.1) is 0 Å². The Hall–Kier alpha value is -1.30. The molecule has 2 fully saturated rings. The summed E-state index contributed by atoms with van der Waals surface area (Å²) in [6, 6.07) is 4.84. The molecule has 1 heterocycles. The standard InChI is InChI=1S/C15H16Cl2N2O3/c16-10-1-2-12(11(17)9-10)18-13(20)15(3-4-15)14(21)19-5-7-22-8-6-19/h1-2,9H,3-8H2,(H,18,20). The minimum atomic E-state index is -0.944. The smallest absolute Gasteiger partial charge is 0.240 e. The molecule has 0 unspecified atom stereocenters. The fourth-order valence-electron chi connectivity index (χ4n) is 2.56. The number of anilines is 1. The van der Waals surface area contributed by atoms with Crippen LogP contribution in [-0.4, -0.2) is 43.0 Å². The Labute approximate surface area is 138 Å². The molecule has 1 saturated heterocycles. The van der Waals surface area contributed by atoms with Crippen molar-refractivity contribution in [3.05, 3.63) is 28.2 Å². The molecule has 1 aromatic carbocycles. The lowest BCUT2D eigenvalue weighted by molar-refractivity contribution is -0.145. The monoisotopic (exact) mass is 342 g/mol. The summed E-state index contributed by atoms with van der Waals surface area (Å²) in [6.07, 6.45) is 1.14. The Morgan fingerprint density at radius 2 is 1.86 bits per heavy atom. The van der Waals surface area contributed by atoms with Crippen molar-refractivity contribution in [3.63, 3.8) is 0 Å². The minimum absolute atomic E-state index is 0.113. The van der Waals surface area contributed by atoms with E-state index in [4.69, 9.17) is 27.9 Å². The first-order valence-corrected chi connectivity index (χ1v) is 7.92. The van der Waals surface area contributed by atoms with Crippen LogP contribution in [0.4, 0.5) is 5.69 Å². The first-order valence-electron chi connectivity index (χ1n) is 7.16. The van der Waals surface area contributed by atoms with Gasteiger partial charge in [0.2, 0.25) is 11.8 Å². The van der Waals surface area contributed by atoms with Gasteiger partial charge in [0.1, 0.15) is 5.41 Å². The number of nitrogens with zero attached hydrogens (tertiary/aromatic N) is 1. The molecule has 0 spiro atoms. The second kappa shape index (κ2) is 6.07. The third kappa shape index (κ3) is 2.93. The highest BCUT2D eigenvalue weighted by atomic mass is 35.5. The zero-order valence-electron chi connectivity index (χ0n) is 11.9. The average Bonchev–Trinajstić information content (AvgIpc) is 3.32. The van der Waals surface area contributed by atoms with Gasteiger partial charge in [-0.1, -0.05) is 23.2 Å². The van der Waals surface area contributed by atoms with Crippen LogP contribution in [0.3, 0.4) is 0 Å². The number of hydrogen-bond acceptors (Lipinski definition) is 3. The van der Waals surface area contributed by atoms with Gasteiger partial charge in [-0.25, -0.2) is 0 Å². The summed E-state index contributed by atoms with van der Waals surface area (Å²) in [5, 5.41) is 3.60. The molecule has 0 atom stereocenters. The number of halogens is 2. The molecule has 22 heavy (non-hydrogen) atoms. The number of ether oxygens (including phenoxy) is 1. The van der Waals surface area contributed by atoms with Crippen LogP contribution in [0.5, 0.6) is 0 Å². The van der Waals surface area contributed by atoms with Crippen LogP contribution < -0.4 is 5.32 Å². The Morgan fingerprint density at radius 3 is 2.45 bits per heavy atom. The molecular formula is C15H16Cl2N2O3. The first kappa shape index (κ1) is 15.6. The van der Waals surface area contributed by atoms with Gasteiger partial charge in [0.05, 0.1) is 23.9 Å². The Bertz CT molecular complexity index is 611. The molecule has 118 valence electrons. The molecule has 2 amide bonds. The lowest BCUT2D eigenvalue weighted by atomic mass is 10.0. The summed E-state index contributed by atoms with van der Waals surface area (Å²) in [5.74, 6) is -0.411. The van der Waals surface area contributed by atoms with Crippen molar-refractivity contribution in [2.45, 2.75) is 12.8 Å². The van der Waals surface area contributed by atoms with Crippen LogP contribution >= 0.6 is 23.2 Å². The Balaban J connectivity index is 1.72. The number of benzene rings is 1. The molecule has 2 aliphatic rings. The number of morpholine rings is 1. The van der Waals surface area contributed by atoms with Crippen molar-refractivity contribution in [2.75, 3.05) is 31.6 Å². The minimum Gasteiger partial charge on any atom is -0.378 e. The van der Waals surface area contributed by atoms with E-state index in [1.165, 1.54) is 0 Å². The van der Waals surface area contributed by atoms with E-state index in [0.29, 0.717) is 54.9 Å². The van der Waals surface area contributed by atoms with E-state index in [1.807, 2.05) is 0 Å². The van der Waals surface area contributed by atoms with Crippen molar-refractivity contribution < 1.29 is 14.3 Å². The summed E-state index contributed by atoms with van der Waals surface area (Å²) in [6.45, 7) is 2.12. The Morgan fingerprint density at radius 1 is 1.18 bits per heavy atom. The van der Waals surface area contributed by atoms with Crippen LogP contribution in [-0.2, 0) is 14.3 Å². The maximum atomic E-state index is 12.6. The number of amides is 2. The summed E-state index contributed by atoms with van der Waals surface area (Å²) in [4.78, 5) is 26.9. The molecule has 0 bridgehead atoms. The van der Waals surface area contributed by atoms with Gasteiger partial charge in [0.15, 0.2) is 0 Å². The first-order chi connectivity index (χ1) is 10.5. The number of nitrogens with one attached hydrogen (secondary N) is 1. The number of rotatable bonds is 3. The highest BCUT2D eigenvalue weighted by Gasteiger charge is 2.58. The van der Waals surface area contributed by atoms with Crippen molar-refractivity contribution in [3.8, 4) is 0 Å². The third-order valence-electron chi connectivity index (χ3n) is 4.07. The van der Waals surface area contributed by atoms with E-state index in [-0.39, 0.29) is 11.8 Å². The van der Waals surface area contributed by atoms with Crippen LogP contribution in [0.15, 0.2) is 18.2 Å². The van der Waals surface area contributed by atoms with Crippen LogP contribution in [0.2, 0.25) is 10.0 Å². The van der Waals surface area contributed by atoms with Gasteiger partial charge >= 0.3 is 0 Å². The summed E-state index contributed by atoms with van der Waals surface area (Å²) in [5.41, 5.74) is -0.475. The van der Waals surface area contributed by atoms with E-state index < -0.39 is 5.41 Å². The molecule has 0 radical (unpaired) electrons. The fourth-order valence-corrected chi connectivity index (χ4v) is 3.02. The molecular weight excluding hydrogens is 327 g/mol. The number of carbonyl (C=O) groups is 2. The highest BCUT2D eigenvalue weighted by Crippen LogP contribution is 2.48. The topological polar surface area (TPSA) is 58.6 Å². The second-order valence-electron chi connectivity index (χ2n) is 5.56. The third-order valence-corrected chi connectivity index (χ3v) is 4.62. The molecule has 1 aromatic rings. The van der Waals surface area contributed by atoms with Crippen molar-refractivity contribution in [1.82, 2.24) is 4.90 Å². The lowest BCUT2D eigenvalue weighted by Crippen LogP contribution is -2.47. The van der Waals surface area contributed by atoms with Crippen LogP contribution in [0.25, 0.3) is 0 Å². The predicted molar refractivity (Wildman–Crippen MR) is 84.2 cm³/mol. The molecule has 1 N–H and O–H groups in total. The van der Waals surface area contributed by atoms with Crippen molar-refractivity contribution >= 4 is 40.7 Å². The summed E-state index contributed by atoms with van der Waals surface area (Å²) < 4.78 is 5.24. The molecule has 7 heteroatoms. The molecule has 3 rings (SSSR count). The summed E-state index contributed by atoms with van der Waals surface area (Å²) >= 11 is 11.9. The van der Waals surface area contributed by atoms with E-state index >= 15 is 0 Å². The normalized spacial score (nSPS) is 19.6. The van der Waals surface area contributed by atoms with E-state index in [1.54, 1.807) is 23.1 Å². The predicted octanol–water partition coefficient (Wildman–Crippen LogP) is 2.57. The van der Waals surface area contributed by atoms with E-state index in [0.717, 1.165) is 0 Å². The number of carbonyl (C=O) groups excluding carboxylic acids is 2. The second-order valence-corrected chi connectivity index (χ2v) is 6.41. The summed E-state index contributed by atoms with van der Waals surface area (Å²) in [7, 11) is 0. The zero-order valence-corrected chi connectivity index (χ0v) is 13.4. The maximum Gasteiger partial charge on any atom is 0.240 e. The lowest BCUT2D eigenvalue weighted by Gasteiger charge is -2.30. The largest absolute Gasteiger partial charge is 0.378 e. The molecule has 1 aliphatic heterocycles. The fraction of sp³-hybridized carbons (Fsp3) is 0.467. The van der Waals surface area contributed by atoms with Gasteiger partial charge in [-0.2, -0.15) is 0 Å². The highest BCUT2D eigenvalue weighted by molar-refractivity contribution is 6.36. The average molecular weight is 343 g/mol. The van der Waals surface area contributed by atoms with Gasteiger partial charge in [0, 0.05) is 18.1 Å². The van der Waals surface area contributed by atoms with E-state index in [9.17, 15) is 9.59 Å². The quantitative estimate of drug-likeness (QED) is 0.859. The van der Waals surface area contributed by atoms with Crippen LogP contribution in [0, 0.1) is 5.41 Å². The van der Waals surface area contributed by atoms with E-state index in [2.05, 4.69) is 5.32 Å². The van der Waals surface area contributed by atoms with Gasteiger partial charge in [-0.3, -0.25) is 9.59 Å². The number of hydrogen-bond donors (Lipinski definition) is 1. The van der Waals surface area contributed by atoms with Crippen molar-refractivity contribution in [1.29, 1.82) is 0 Å². The molecule has 0 aromatic heterocycles. The molecule has 1 aliphatic carbocycles. The SMILES string of the molecule is O=C(Nc1ccc(Cl)cc1Cl)C1(C(=O)N2CCOCC2)CC1. The van der Waals surface area contributed by atoms with Crippen molar-refractivity contribution in [2.24, 2.45) is 5.41 Å². The van der Waals surface area contributed by atoms with Gasteiger partial charge < -0.3 is 15.0 Å². The molecule has 5 nitrogen and oxygen atoms in total. The zero-order chi connectivity index (χ0) is 15.7. The van der Waals surface area contributed by atoms with Gasteiger partial charge in [0.25, 0.3) is 0 Å². The van der Waals surface area contributed by atoms with Gasteiger partial charge in [-0.05, 0) is 31.0 Å². The maximum absolute atomic E-state index is 12.6. The molecule has 1 saturated carbocycles. The Kier molecular flexibility index (Phi) is 4.30.